The Bertz CT molecular complexity index is 687. The molecule has 0 radical (unpaired) electrons. The summed E-state index contributed by atoms with van der Waals surface area (Å²) in [5.74, 6) is -1.64. The number of carbonyl (C=O) groups excluding carboxylic acids is 1. The second-order valence-electron chi connectivity index (χ2n) is 4.11. The second-order valence-corrected chi connectivity index (χ2v) is 5.49. The van der Waals surface area contributed by atoms with E-state index in [1.807, 2.05) is 0 Å². The van der Waals surface area contributed by atoms with Crippen molar-refractivity contribution in [2.45, 2.75) is 6.42 Å². The zero-order chi connectivity index (χ0) is 15.4. The topological polar surface area (TPSA) is 105 Å². The van der Waals surface area contributed by atoms with Gasteiger partial charge in [0, 0.05) is 16.8 Å². The van der Waals surface area contributed by atoms with Gasteiger partial charge in [-0.3, -0.25) is 4.79 Å². The smallest absolute Gasteiger partial charge is 0.337 e. The number of halogens is 1. The monoisotopic (exact) mass is 325 g/mol. The van der Waals surface area contributed by atoms with Gasteiger partial charge >= 0.3 is 5.97 Å². The van der Waals surface area contributed by atoms with Crippen LogP contribution in [0.1, 0.15) is 25.9 Å². The molecular formula is C13H12ClN3O3S. The number of anilines is 1. The van der Waals surface area contributed by atoms with Crippen LogP contribution in [-0.2, 0) is 6.42 Å². The van der Waals surface area contributed by atoms with E-state index in [2.05, 4.69) is 10.3 Å². The molecule has 0 spiro atoms. The Morgan fingerprint density at radius 1 is 1.43 bits per heavy atom. The molecule has 0 bridgehead atoms. The number of hydrogen-bond acceptors (Lipinski definition) is 5. The maximum Gasteiger partial charge on any atom is 0.337 e. The number of hydrogen-bond donors (Lipinski definition) is 3. The summed E-state index contributed by atoms with van der Waals surface area (Å²) in [7, 11) is 0. The number of carbonyl (C=O) groups is 2. The molecule has 2 rings (SSSR count). The number of nitrogens with one attached hydrogen (secondary N) is 1. The van der Waals surface area contributed by atoms with Gasteiger partial charge in [0.05, 0.1) is 16.3 Å². The molecule has 21 heavy (non-hydrogen) atoms. The molecule has 0 unspecified atom stereocenters. The summed E-state index contributed by atoms with van der Waals surface area (Å²) in [6.07, 6.45) is 0.596. The lowest BCUT2D eigenvalue weighted by Crippen LogP contribution is -2.15. The molecule has 0 aliphatic heterocycles. The van der Waals surface area contributed by atoms with E-state index >= 15 is 0 Å². The molecule has 110 valence electrons. The summed E-state index contributed by atoms with van der Waals surface area (Å²) in [6.45, 7) is 0.453. The highest BCUT2D eigenvalue weighted by molar-refractivity contribution is 7.09. The Morgan fingerprint density at radius 2 is 2.19 bits per heavy atom. The minimum atomic E-state index is -1.17. The van der Waals surface area contributed by atoms with Crippen LogP contribution >= 0.6 is 22.9 Å². The maximum atomic E-state index is 12.1. The zero-order valence-electron chi connectivity index (χ0n) is 10.8. The fourth-order valence-electron chi connectivity index (χ4n) is 1.64. The number of aromatic carboxylic acids is 1. The second kappa shape index (κ2) is 6.66. The average molecular weight is 326 g/mol. The van der Waals surface area contributed by atoms with E-state index < -0.39 is 11.9 Å². The van der Waals surface area contributed by atoms with E-state index in [1.165, 1.54) is 29.5 Å². The Hall–Kier alpha value is -1.96. The van der Waals surface area contributed by atoms with E-state index in [-0.39, 0.29) is 22.0 Å². The molecule has 1 aromatic heterocycles. The normalized spacial score (nSPS) is 10.4. The third-order valence-electron chi connectivity index (χ3n) is 2.60. The minimum absolute atomic E-state index is 0.0757. The predicted octanol–water partition coefficient (Wildman–Crippen LogP) is 2.25. The summed E-state index contributed by atoms with van der Waals surface area (Å²) >= 11 is 7.09. The summed E-state index contributed by atoms with van der Waals surface area (Å²) in [5, 5.41) is 14.3. The Kier molecular flexibility index (Phi) is 4.89. The van der Waals surface area contributed by atoms with E-state index in [4.69, 9.17) is 22.4 Å². The first-order valence-corrected chi connectivity index (χ1v) is 7.25. The van der Waals surface area contributed by atoms with Crippen molar-refractivity contribution in [2.24, 2.45) is 5.73 Å². The van der Waals surface area contributed by atoms with Crippen LogP contribution in [0.4, 0.5) is 5.69 Å². The lowest BCUT2D eigenvalue weighted by atomic mass is 10.1. The molecule has 6 nitrogen and oxygen atoms in total. The van der Waals surface area contributed by atoms with Gasteiger partial charge < -0.3 is 16.2 Å². The van der Waals surface area contributed by atoms with E-state index in [1.54, 1.807) is 5.38 Å². The highest BCUT2D eigenvalue weighted by atomic mass is 35.5. The lowest BCUT2D eigenvalue weighted by Gasteiger charge is -2.07. The van der Waals surface area contributed by atoms with Crippen LogP contribution in [0.15, 0.2) is 23.6 Å². The summed E-state index contributed by atoms with van der Waals surface area (Å²) < 4.78 is 0. The van der Waals surface area contributed by atoms with Crippen molar-refractivity contribution in [1.82, 2.24) is 4.98 Å². The molecule has 0 atom stereocenters. The van der Waals surface area contributed by atoms with Crippen LogP contribution in [0, 0.1) is 0 Å². The van der Waals surface area contributed by atoms with Crippen LogP contribution in [0.25, 0.3) is 0 Å². The van der Waals surface area contributed by atoms with Crippen molar-refractivity contribution < 1.29 is 14.7 Å². The van der Waals surface area contributed by atoms with Gasteiger partial charge in [0.1, 0.15) is 5.69 Å². The fraction of sp³-hybridized carbons (Fsp3) is 0.154. The molecule has 8 heteroatoms. The molecule has 1 amide bonds. The SMILES string of the molecule is NCCc1nc(C(=O)Nc2ccc(Cl)cc2C(=O)O)cs1. The molecule has 4 N–H and O–H groups in total. The minimum Gasteiger partial charge on any atom is -0.478 e. The van der Waals surface area contributed by atoms with Crippen molar-refractivity contribution in [3.05, 3.63) is 44.9 Å². The third-order valence-corrected chi connectivity index (χ3v) is 3.75. The van der Waals surface area contributed by atoms with Gasteiger partial charge in [-0.2, -0.15) is 0 Å². The molecule has 1 heterocycles. The highest BCUT2D eigenvalue weighted by Gasteiger charge is 2.16. The van der Waals surface area contributed by atoms with Gasteiger partial charge in [0.15, 0.2) is 0 Å². The lowest BCUT2D eigenvalue weighted by molar-refractivity contribution is 0.0698. The first-order chi connectivity index (χ1) is 10.0. The molecule has 2 aromatic rings. The van der Waals surface area contributed by atoms with Gasteiger partial charge in [-0.1, -0.05) is 11.6 Å². The zero-order valence-corrected chi connectivity index (χ0v) is 12.4. The largest absolute Gasteiger partial charge is 0.478 e. The summed E-state index contributed by atoms with van der Waals surface area (Å²) in [4.78, 5) is 27.4. The quantitative estimate of drug-likeness (QED) is 0.782. The molecule has 0 saturated carbocycles. The van der Waals surface area contributed by atoms with Gasteiger partial charge in [0.25, 0.3) is 5.91 Å². The average Bonchev–Trinajstić information content (AvgIpc) is 2.89. The maximum absolute atomic E-state index is 12.1. The molecule has 0 fully saturated rings. The standard InChI is InChI=1S/C13H12ClN3O3S/c14-7-1-2-9(8(5-7)13(19)20)17-12(18)10-6-21-11(16-10)3-4-15/h1-2,5-6H,3-4,15H2,(H,17,18)(H,19,20). The number of carboxylic acids is 1. The molecule has 0 aliphatic carbocycles. The fourth-order valence-corrected chi connectivity index (χ4v) is 2.61. The summed E-state index contributed by atoms with van der Waals surface area (Å²) in [6, 6.07) is 4.22. The first kappa shape index (κ1) is 15.4. The third kappa shape index (κ3) is 3.78. The number of benzene rings is 1. The van der Waals surface area contributed by atoms with Gasteiger partial charge in [-0.15, -0.1) is 11.3 Å². The van der Waals surface area contributed by atoms with Crippen molar-refractivity contribution in [2.75, 3.05) is 11.9 Å². The van der Waals surface area contributed by atoms with Crippen molar-refractivity contribution in [3.8, 4) is 0 Å². The first-order valence-electron chi connectivity index (χ1n) is 6.00. The summed E-state index contributed by atoms with van der Waals surface area (Å²) in [5.41, 5.74) is 5.75. The Morgan fingerprint density at radius 3 is 2.86 bits per heavy atom. The van der Waals surface area contributed by atoms with Gasteiger partial charge in [0.2, 0.25) is 0 Å². The Labute approximate surface area is 129 Å². The molecule has 0 aliphatic rings. The predicted molar refractivity (Wildman–Crippen MR) is 81.2 cm³/mol. The van der Waals surface area contributed by atoms with E-state index in [0.717, 1.165) is 5.01 Å². The van der Waals surface area contributed by atoms with Gasteiger partial charge in [-0.05, 0) is 24.7 Å². The Balaban J connectivity index is 2.20. The number of aromatic nitrogens is 1. The number of carboxylic acid groups (broad SMARTS) is 1. The van der Waals surface area contributed by atoms with Crippen LogP contribution in [0.5, 0.6) is 0 Å². The van der Waals surface area contributed by atoms with E-state index in [0.29, 0.717) is 13.0 Å². The van der Waals surface area contributed by atoms with Gasteiger partial charge in [-0.25, -0.2) is 9.78 Å². The molecule has 1 aromatic carbocycles. The van der Waals surface area contributed by atoms with Crippen LogP contribution in [0.2, 0.25) is 5.02 Å². The number of amides is 1. The number of thiazole rings is 1. The number of nitrogens with zero attached hydrogens (tertiary/aromatic N) is 1. The number of rotatable bonds is 5. The van der Waals surface area contributed by atoms with Crippen LogP contribution in [0.3, 0.4) is 0 Å². The van der Waals surface area contributed by atoms with E-state index in [9.17, 15) is 9.59 Å². The van der Waals surface area contributed by atoms with Crippen molar-refractivity contribution >= 4 is 40.5 Å². The highest BCUT2D eigenvalue weighted by Crippen LogP contribution is 2.21. The van der Waals surface area contributed by atoms with Crippen molar-refractivity contribution in [1.29, 1.82) is 0 Å². The molecule has 0 saturated heterocycles. The molecular weight excluding hydrogens is 314 g/mol. The van der Waals surface area contributed by atoms with Crippen LogP contribution in [-0.4, -0.2) is 28.5 Å². The van der Waals surface area contributed by atoms with Crippen molar-refractivity contribution in [3.63, 3.8) is 0 Å². The number of nitrogens with two attached hydrogens (primary N) is 1. The van der Waals surface area contributed by atoms with Crippen LogP contribution < -0.4 is 11.1 Å².